The Balaban J connectivity index is 2.18. The number of hydrogen-bond donors (Lipinski definition) is 1. The third-order valence-corrected chi connectivity index (χ3v) is 6.42. The van der Waals surface area contributed by atoms with Gasteiger partial charge in [0.2, 0.25) is 0 Å². The minimum absolute atomic E-state index is 0.292. The van der Waals surface area contributed by atoms with Crippen LogP contribution < -0.4 is 4.72 Å². The first-order valence-electron chi connectivity index (χ1n) is 5.41. The number of benzene rings is 1. The van der Waals surface area contributed by atoms with Crippen LogP contribution in [0.15, 0.2) is 44.4 Å². The van der Waals surface area contributed by atoms with Gasteiger partial charge < -0.3 is 0 Å². The molecule has 2 rings (SSSR count). The Morgan fingerprint density at radius 1 is 1.21 bits per heavy atom. The second-order valence-corrected chi connectivity index (χ2v) is 8.79. The van der Waals surface area contributed by atoms with Crippen molar-refractivity contribution in [3.63, 3.8) is 0 Å². The summed E-state index contributed by atoms with van der Waals surface area (Å²) in [4.78, 5) is 0. The van der Waals surface area contributed by atoms with E-state index in [4.69, 9.17) is 11.6 Å². The van der Waals surface area contributed by atoms with E-state index in [9.17, 15) is 8.42 Å². The van der Waals surface area contributed by atoms with Gasteiger partial charge in [-0.05, 0) is 52.7 Å². The molecule has 0 bridgehead atoms. The fourth-order valence-electron chi connectivity index (χ4n) is 1.55. The zero-order valence-corrected chi connectivity index (χ0v) is 13.9. The molecule has 1 atom stereocenters. The lowest BCUT2D eigenvalue weighted by molar-refractivity contribution is 0.569. The Kier molecular flexibility index (Phi) is 4.68. The molecule has 1 heterocycles. The molecule has 0 fully saturated rings. The second kappa shape index (κ2) is 5.93. The van der Waals surface area contributed by atoms with Gasteiger partial charge in [-0.3, -0.25) is 0 Å². The van der Waals surface area contributed by atoms with E-state index >= 15 is 0 Å². The van der Waals surface area contributed by atoms with E-state index in [2.05, 4.69) is 20.7 Å². The molecular weight excluding hydrogens is 370 g/mol. The summed E-state index contributed by atoms with van der Waals surface area (Å²) in [5, 5.41) is 0.626. The van der Waals surface area contributed by atoms with Crippen molar-refractivity contribution in [2.24, 2.45) is 0 Å². The molecule has 0 radical (unpaired) electrons. The lowest BCUT2D eigenvalue weighted by Gasteiger charge is -2.13. The van der Waals surface area contributed by atoms with Gasteiger partial charge in [-0.25, -0.2) is 13.1 Å². The smallest absolute Gasteiger partial charge is 0.206 e. The monoisotopic (exact) mass is 379 g/mol. The van der Waals surface area contributed by atoms with E-state index in [1.807, 2.05) is 0 Å². The summed E-state index contributed by atoms with van der Waals surface area (Å²) in [6.45, 7) is 1.80. The first kappa shape index (κ1) is 15.0. The molecule has 19 heavy (non-hydrogen) atoms. The molecule has 0 aliphatic rings. The quantitative estimate of drug-likeness (QED) is 0.864. The molecule has 0 aliphatic carbocycles. The molecule has 1 unspecified atom stereocenters. The third kappa shape index (κ3) is 3.79. The molecule has 0 aliphatic heterocycles. The fourth-order valence-corrected chi connectivity index (χ4v) is 4.94. The average molecular weight is 381 g/mol. The van der Waals surface area contributed by atoms with Crippen molar-refractivity contribution < 1.29 is 8.42 Å². The zero-order chi connectivity index (χ0) is 14.0. The summed E-state index contributed by atoms with van der Waals surface area (Å²) in [6.07, 6.45) is 0. The first-order chi connectivity index (χ1) is 8.88. The molecule has 3 nitrogen and oxygen atoms in total. The normalized spacial score (nSPS) is 13.4. The van der Waals surface area contributed by atoms with Crippen molar-refractivity contribution >= 4 is 48.9 Å². The van der Waals surface area contributed by atoms with E-state index in [0.29, 0.717) is 9.23 Å². The minimum atomic E-state index is -3.49. The van der Waals surface area contributed by atoms with Gasteiger partial charge in [-0.2, -0.15) is 0 Å². The topological polar surface area (TPSA) is 46.2 Å². The van der Waals surface area contributed by atoms with Crippen LogP contribution in [0.1, 0.15) is 18.5 Å². The van der Waals surface area contributed by atoms with Gasteiger partial charge in [0.1, 0.15) is 4.21 Å². The van der Waals surface area contributed by atoms with Gasteiger partial charge in [-0.1, -0.05) is 23.7 Å². The number of rotatable bonds is 4. The first-order valence-corrected chi connectivity index (χ1v) is 8.89. The van der Waals surface area contributed by atoms with Crippen LogP contribution in [0.3, 0.4) is 0 Å². The van der Waals surface area contributed by atoms with Gasteiger partial charge in [-0.15, -0.1) is 11.3 Å². The summed E-state index contributed by atoms with van der Waals surface area (Å²) >= 11 is 10.2. The van der Waals surface area contributed by atoms with Gasteiger partial charge in [0.25, 0.3) is 10.0 Å². The number of halogens is 2. The number of sulfonamides is 1. The molecule has 1 aromatic heterocycles. The van der Waals surface area contributed by atoms with Crippen LogP contribution in [0, 0.1) is 0 Å². The van der Waals surface area contributed by atoms with E-state index in [-0.39, 0.29) is 6.04 Å². The Morgan fingerprint density at radius 2 is 1.84 bits per heavy atom. The minimum Gasteiger partial charge on any atom is -0.206 e. The maximum atomic E-state index is 12.1. The molecule has 0 amide bonds. The van der Waals surface area contributed by atoms with Gasteiger partial charge in [0.15, 0.2) is 0 Å². The van der Waals surface area contributed by atoms with Crippen LogP contribution in [0.4, 0.5) is 0 Å². The molecule has 102 valence electrons. The highest BCUT2D eigenvalue weighted by molar-refractivity contribution is 9.11. The van der Waals surface area contributed by atoms with Crippen molar-refractivity contribution in [1.29, 1.82) is 0 Å². The molecule has 0 saturated carbocycles. The molecular formula is C12H11BrClNO2S2. The predicted molar refractivity (Wildman–Crippen MR) is 82.2 cm³/mol. The van der Waals surface area contributed by atoms with Crippen molar-refractivity contribution in [2.75, 3.05) is 0 Å². The highest BCUT2D eigenvalue weighted by Crippen LogP contribution is 2.27. The predicted octanol–water partition coefficient (Wildman–Crippen LogP) is 4.20. The third-order valence-electron chi connectivity index (χ3n) is 2.52. The number of thiophene rings is 1. The van der Waals surface area contributed by atoms with Crippen molar-refractivity contribution in [3.8, 4) is 0 Å². The van der Waals surface area contributed by atoms with Crippen molar-refractivity contribution in [3.05, 3.63) is 50.8 Å². The number of hydrogen-bond acceptors (Lipinski definition) is 3. The largest absolute Gasteiger partial charge is 0.250 e. The average Bonchev–Trinajstić information content (AvgIpc) is 2.77. The van der Waals surface area contributed by atoms with Gasteiger partial charge >= 0.3 is 0 Å². The molecule has 1 aromatic carbocycles. The molecule has 0 saturated heterocycles. The van der Waals surface area contributed by atoms with E-state index < -0.39 is 10.0 Å². The summed E-state index contributed by atoms with van der Waals surface area (Å²) in [6, 6.07) is 10.1. The van der Waals surface area contributed by atoms with Crippen LogP contribution in [0.25, 0.3) is 0 Å². The zero-order valence-electron chi connectivity index (χ0n) is 9.93. The molecule has 1 N–H and O–H groups in total. The highest BCUT2D eigenvalue weighted by Gasteiger charge is 2.20. The van der Waals surface area contributed by atoms with Gasteiger partial charge in [0.05, 0.1) is 3.79 Å². The van der Waals surface area contributed by atoms with Gasteiger partial charge in [0, 0.05) is 11.1 Å². The molecule has 2 aromatic rings. The van der Waals surface area contributed by atoms with Crippen molar-refractivity contribution in [2.45, 2.75) is 17.2 Å². The Hall–Kier alpha value is -0.400. The van der Waals surface area contributed by atoms with Crippen LogP contribution >= 0.6 is 38.9 Å². The van der Waals surface area contributed by atoms with Crippen LogP contribution in [-0.4, -0.2) is 8.42 Å². The summed E-state index contributed by atoms with van der Waals surface area (Å²) in [5.41, 5.74) is 0.864. The summed E-state index contributed by atoms with van der Waals surface area (Å²) in [7, 11) is -3.49. The van der Waals surface area contributed by atoms with Crippen LogP contribution in [0.2, 0.25) is 5.02 Å². The maximum Gasteiger partial charge on any atom is 0.250 e. The van der Waals surface area contributed by atoms with E-state index in [1.165, 1.54) is 11.3 Å². The van der Waals surface area contributed by atoms with Crippen molar-refractivity contribution in [1.82, 2.24) is 4.72 Å². The molecule has 0 spiro atoms. The maximum absolute atomic E-state index is 12.1. The lowest BCUT2D eigenvalue weighted by Crippen LogP contribution is -2.26. The van der Waals surface area contributed by atoms with Crippen LogP contribution in [0.5, 0.6) is 0 Å². The summed E-state index contributed by atoms with van der Waals surface area (Å²) < 4.78 is 28.0. The summed E-state index contributed by atoms with van der Waals surface area (Å²) in [5.74, 6) is 0. The standard InChI is InChI=1S/C12H11BrClNO2S2/c1-8(9-2-4-10(14)5-3-9)15-19(16,17)12-7-6-11(13)18-12/h2-8,15H,1H3. The van der Waals surface area contributed by atoms with Crippen LogP contribution in [-0.2, 0) is 10.0 Å². The Labute approximate surface area is 129 Å². The fraction of sp³-hybridized carbons (Fsp3) is 0.167. The second-order valence-electron chi connectivity index (χ2n) is 3.95. The Bertz CT molecular complexity index is 667. The molecule has 7 heteroatoms. The number of nitrogens with one attached hydrogen (secondary N) is 1. The van der Waals surface area contributed by atoms with E-state index in [0.717, 1.165) is 9.35 Å². The highest BCUT2D eigenvalue weighted by atomic mass is 79.9. The van der Waals surface area contributed by atoms with E-state index in [1.54, 1.807) is 43.3 Å². The Morgan fingerprint density at radius 3 is 2.37 bits per heavy atom. The lowest BCUT2D eigenvalue weighted by atomic mass is 10.1. The SMILES string of the molecule is CC(NS(=O)(=O)c1ccc(Br)s1)c1ccc(Cl)cc1.